The molecular weight excluding hydrogens is 781 g/mol. The van der Waals surface area contributed by atoms with Gasteiger partial charge in [0.1, 0.15) is 29.7 Å². The van der Waals surface area contributed by atoms with E-state index in [2.05, 4.69) is 41.3 Å². The third kappa shape index (κ3) is 10.7. The van der Waals surface area contributed by atoms with Crippen molar-refractivity contribution >= 4 is 52.9 Å². The molecule has 4 aromatic rings. The normalized spacial score (nSPS) is 14.9. The third-order valence-corrected chi connectivity index (χ3v) is 8.89. The number of fused-ring (bicyclic) bond motifs is 1. The molecule has 2 aliphatic heterocycles. The monoisotopic (exact) mass is 816 g/mol. The van der Waals surface area contributed by atoms with E-state index in [1.807, 2.05) is 0 Å². The average Bonchev–Trinajstić information content (AvgIpc) is 3.46. The molecule has 0 spiro atoms. The van der Waals surface area contributed by atoms with Crippen molar-refractivity contribution in [1.29, 1.82) is 0 Å². The Labute approximate surface area is 333 Å². The van der Waals surface area contributed by atoms with E-state index in [4.69, 9.17) is 4.74 Å². The maximum absolute atomic E-state index is 13.2. The summed E-state index contributed by atoms with van der Waals surface area (Å²) >= 11 is 0. The molecule has 59 heavy (non-hydrogen) atoms. The molecule has 1 saturated heterocycles. The summed E-state index contributed by atoms with van der Waals surface area (Å²) in [6.07, 6.45) is -2.56. The minimum atomic E-state index is -4.81. The summed E-state index contributed by atoms with van der Waals surface area (Å²) in [7, 11) is 0. The summed E-state index contributed by atoms with van der Waals surface area (Å²) in [6, 6.07) is 16.4. The van der Waals surface area contributed by atoms with Gasteiger partial charge in [-0.05, 0) is 67.8 Å². The summed E-state index contributed by atoms with van der Waals surface area (Å²) in [5.74, 6) is -4.16. The molecule has 17 nitrogen and oxygen atoms in total. The van der Waals surface area contributed by atoms with Crippen molar-refractivity contribution in [2.45, 2.75) is 38.1 Å². The van der Waals surface area contributed by atoms with Crippen LogP contribution < -0.4 is 36.1 Å². The summed E-state index contributed by atoms with van der Waals surface area (Å²) in [4.78, 5) is 96.9. The smallest absolute Gasteiger partial charge is 0.483 e. The predicted octanol–water partition coefficient (Wildman–Crippen LogP) is 3.01. The van der Waals surface area contributed by atoms with Crippen molar-refractivity contribution in [3.63, 3.8) is 0 Å². The quantitative estimate of drug-likeness (QED) is 0.0813. The highest BCUT2D eigenvalue weighted by molar-refractivity contribution is 6.24. The highest BCUT2D eigenvalue weighted by Crippen LogP contribution is 2.34. The number of imide groups is 2. The summed E-state index contributed by atoms with van der Waals surface area (Å²) in [5, 5.41) is 13.0. The molecule has 1 unspecified atom stereocenters. The fraction of sp³-hybridized carbons (Fsp3) is 0.256. The number of nitrogens with zero attached hydrogens (tertiary/aromatic N) is 3. The number of alkyl halides is 3. The largest absolute Gasteiger partial charge is 0.573 e. The second-order valence-electron chi connectivity index (χ2n) is 13.1. The number of rotatable bonds is 16. The first-order chi connectivity index (χ1) is 28.3. The Morgan fingerprint density at radius 1 is 0.847 bits per heavy atom. The lowest BCUT2D eigenvalue weighted by Crippen LogP contribution is -2.54. The molecule has 0 aliphatic carbocycles. The number of ether oxygens (including phenoxy) is 2. The van der Waals surface area contributed by atoms with Gasteiger partial charge in [0.2, 0.25) is 17.7 Å². The van der Waals surface area contributed by atoms with Gasteiger partial charge in [-0.15, -0.1) is 13.2 Å². The number of carbonyl (C=O) groups is 7. The molecule has 2 aliphatic rings. The molecule has 0 saturated carbocycles. The summed E-state index contributed by atoms with van der Waals surface area (Å²) in [6.45, 7) is -0.246. The molecule has 0 bridgehead atoms. The van der Waals surface area contributed by atoms with Crippen LogP contribution >= 0.6 is 0 Å². The number of amides is 7. The lowest BCUT2D eigenvalue weighted by Gasteiger charge is -2.27. The van der Waals surface area contributed by atoms with Crippen LogP contribution in [-0.4, -0.2) is 94.9 Å². The second-order valence-corrected chi connectivity index (χ2v) is 13.1. The SMILES string of the molecule is O=C(CNC(=O)c1cccc(-c2cc(Nc3ccc(OC(F)(F)F)cc3)ncn2)c1)NCCCCNC(=O)COc1cccc2c1C(=O)N(C1CCC(=O)NC1=O)C2=O. The van der Waals surface area contributed by atoms with E-state index in [9.17, 15) is 46.7 Å². The molecule has 1 fully saturated rings. The van der Waals surface area contributed by atoms with Gasteiger partial charge in [0, 0.05) is 42.4 Å². The van der Waals surface area contributed by atoms with Gasteiger partial charge in [0.25, 0.3) is 23.6 Å². The number of piperidine rings is 1. The van der Waals surface area contributed by atoms with Gasteiger partial charge in [-0.1, -0.05) is 18.2 Å². The second kappa shape index (κ2) is 18.3. The highest BCUT2D eigenvalue weighted by atomic mass is 19.4. The Morgan fingerprint density at radius 3 is 2.31 bits per heavy atom. The van der Waals surface area contributed by atoms with Crippen LogP contribution in [0.15, 0.2) is 79.1 Å². The number of halogens is 3. The Morgan fingerprint density at radius 2 is 1.58 bits per heavy atom. The van der Waals surface area contributed by atoms with Gasteiger partial charge >= 0.3 is 6.36 Å². The minimum Gasteiger partial charge on any atom is -0.483 e. The number of hydrogen-bond donors (Lipinski definition) is 5. The van der Waals surface area contributed by atoms with Gasteiger partial charge in [-0.2, -0.15) is 0 Å². The Kier molecular flexibility index (Phi) is 12.8. The van der Waals surface area contributed by atoms with Crippen molar-refractivity contribution in [2.75, 3.05) is 31.6 Å². The predicted molar refractivity (Wildman–Crippen MR) is 200 cm³/mol. The zero-order valence-corrected chi connectivity index (χ0v) is 30.9. The van der Waals surface area contributed by atoms with Crippen molar-refractivity contribution in [3.05, 3.63) is 95.8 Å². The molecule has 7 amide bonds. The minimum absolute atomic E-state index is 0.000501. The Hall–Kier alpha value is -7.38. The van der Waals surface area contributed by atoms with Crippen LogP contribution in [0.5, 0.6) is 11.5 Å². The van der Waals surface area contributed by atoms with Crippen LogP contribution in [0.3, 0.4) is 0 Å². The fourth-order valence-corrected chi connectivity index (χ4v) is 6.12. The summed E-state index contributed by atoms with van der Waals surface area (Å²) in [5.41, 5.74) is 1.67. The first-order valence-electron chi connectivity index (χ1n) is 18.1. The number of aromatic nitrogens is 2. The van der Waals surface area contributed by atoms with E-state index < -0.39 is 60.4 Å². The Balaban J connectivity index is 0.882. The molecule has 6 rings (SSSR count). The standard InChI is InChI=1S/C39H35F3N8O9/c40-39(41,42)59-25-11-9-24(10-12-25)48-30-18-27(46-21-47-30)22-5-3-6-23(17-22)35(54)45-19-32(52)43-15-1-2-16-44-33(53)20-58-29-8-4-7-26-34(29)38(57)50(37(26)56)28-13-14-31(51)49-36(28)55/h3-12,17-18,21,28H,1-2,13-16,19-20H2,(H,43,52)(H,44,53)(H,45,54)(H,46,47,48)(H,49,51,55). The van der Waals surface area contributed by atoms with E-state index in [0.717, 1.165) is 17.0 Å². The lowest BCUT2D eigenvalue weighted by atomic mass is 10.0. The lowest BCUT2D eigenvalue weighted by molar-refractivity contribution is -0.274. The molecule has 3 heterocycles. The first-order valence-corrected chi connectivity index (χ1v) is 18.1. The molecule has 0 radical (unpaired) electrons. The van der Waals surface area contributed by atoms with Gasteiger partial charge < -0.3 is 30.7 Å². The number of benzene rings is 3. The molecule has 20 heteroatoms. The van der Waals surface area contributed by atoms with E-state index >= 15 is 0 Å². The van der Waals surface area contributed by atoms with Gasteiger partial charge in [-0.3, -0.25) is 43.8 Å². The number of carbonyl (C=O) groups excluding carboxylic acids is 7. The van der Waals surface area contributed by atoms with Crippen LogP contribution in [0.25, 0.3) is 11.3 Å². The van der Waals surface area contributed by atoms with E-state index in [1.165, 1.54) is 36.7 Å². The first kappa shape index (κ1) is 41.3. The van der Waals surface area contributed by atoms with Crippen LogP contribution in [-0.2, 0) is 19.2 Å². The number of nitrogens with one attached hydrogen (secondary N) is 5. The zero-order valence-electron chi connectivity index (χ0n) is 30.9. The van der Waals surface area contributed by atoms with Crippen molar-refractivity contribution < 1.29 is 56.2 Å². The number of unbranched alkanes of at least 4 members (excludes halogenated alkanes) is 1. The van der Waals surface area contributed by atoms with Gasteiger partial charge in [0.05, 0.1) is 23.4 Å². The third-order valence-electron chi connectivity index (χ3n) is 8.89. The Bertz CT molecular complexity index is 2290. The maximum atomic E-state index is 13.2. The van der Waals surface area contributed by atoms with Crippen molar-refractivity contribution in [1.82, 2.24) is 36.1 Å². The van der Waals surface area contributed by atoms with Crippen molar-refractivity contribution in [2.24, 2.45) is 0 Å². The van der Waals surface area contributed by atoms with Crippen LogP contribution in [0, 0.1) is 0 Å². The van der Waals surface area contributed by atoms with E-state index in [-0.39, 0.29) is 60.7 Å². The molecule has 1 aromatic heterocycles. The van der Waals surface area contributed by atoms with Crippen LogP contribution in [0.1, 0.15) is 56.8 Å². The van der Waals surface area contributed by atoms with E-state index in [0.29, 0.717) is 35.6 Å². The van der Waals surface area contributed by atoms with Crippen LogP contribution in [0.4, 0.5) is 24.7 Å². The van der Waals surface area contributed by atoms with Gasteiger partial charge in [0.15, 0.2) is 6.61 Å². The van der Waals surface area contributed by atoms with Crippen LogP contribution in [0.2, 0.25) is 0 Å². The molecule has 306 valence electrons. The van der Waals surface area contributed by atoms with Gasteiger partial charge in [-0.25, -0.2) is 9.97 Å². The number of anilines is 2. The zero-order chi connectivity index (χ0) is 42.1. The molecular formula is C39H35F3N8O9. The molecule has 5 N–H and O–H groups in total. The summed E-state index contributed by atoms with van der Waals surface area (Å²) < 4.78 is 46.8. The van der Waals surface area contributed by atoms with E-state index in [1.54, 1.807) is 30.3 Å². The average molecular weight is 817 g/mol. The highest BCUT2D eigenvalue weighted by Gasteiger charge is 2.46. The molecule has 3 aromatic carbocycles. The topological polar surface area (TPSA) is 227 Å². The molecule has 1 atom stereocenters. The van der Waals surface area contributed by atoms with Crippen molar-refractivity contribution in [3.8, 4) is 22.8 Å². The maximum Gasteiger partial charge on any atom is 0.573 e. The number of hydrogen-bond acceptors (Lipinski definition) is 12. The fourth-order valence-electron chi connectivity index (χ4n) is 6.12.